The number of anilines is 3. The quantitative estimate of drug-likeness (QED) is 0.589. The number of hydrogen-bond donors (Lipinski definition) is 2. The van der Waals surface area contributed by atoms with Crippen molar-refractivity contribution < 1.29 is 9.59 Å². The van der Waals surface area contributed by atoms with Gasteiger partial charge in [-0.1, -0.05) is 24.3 Å². The third-order valence-corrected chi connectivity index (χ3v) is 4.95. The smallest absolute Gasteiger partial charge is 0.255 e. The molecule has 1 amide bonds. The van der Waals surface area contributed by atoms with Crippen molar-refractivity contribution in [2.24, 2.45) is 0 Å². The molecule has 1 aliphatic rings. The molecule has 0 saturated carbocycles. The number of nitrogens with one attached hydrogen (secondary N) is 2. The fourth-order valence-corrected chi connectivity index (χ4v) is 3.52. The van der Waals surface area contributed by atoms with E-state index in [2.05, 4.69) is 16.7 Å². The van der Waals surface area contributed by atoms with Gasteiger partial charge in [0.1, 0.15) is 0 Å². The third kappa shape index (κ3) is 4.12. The summed E-state index contributed by atoms with van der Waals surface area (Å²) >= 11 is 0. The highest BCUT2D eigenvalue weighted by Gasteiger charge is 2.15. The Morgan fingerprint density at radius 2 is 1.50 bits per heavy atom. The Morgan fingerprint density at radius 1 is 0.750 bits per heavy atom. The van der Waals surface area contributed by atoms with Crippen LogP contribution in [0.1, 0.15) is 45.5 Å². The van der Waals surface area contributed by atoms with E-state index in [9.17, 15) is 9.59 Å². The second-order valence-corrected chi connectivity index (χ2v) is 7.03. The number of fused-ring (bicyclic) bond motifs is 1. The molecular formula is C24H22N2O2. The van der Waals surface area contributed by atoms with Gasteiger partial charge in [-0.3, -0.25) is 9.59 Å². The first-order valence-electron chi connectivity index (χ1n) is 9.59. The summed E-state index contributed by atoms with van der Waals surface area (Å²) < 4.78 is 0. The van der Waals surface area contributed by atoms with Crippen LogP contribution in [0.4, 0.5) is 17.1 Å². The summed E-state index contributed by atoms with van der Waals surface area (Å²) in [4.78, 5) is 24.5. The lowest BCUT2D eigenvalue weighted by molar-refractivity contribution is 0.0980. The van der Waals surface area contributed by atoms with Gasteiger partial charge in [0.2, 0.25) is 0 Å². The van der Waals surface area contributed by atoms with Crippen LogP contribution in [0, 0.1) is 0 Å². The molecule has 0 radical (unpaired) electrons. The molecule has 0 aromatic heterocycles. The molecule has 4 nitrogen and oxygen atoms in total. The van der Waals surface area contributed by atoms with Crippen LogP contribution >= 0.6 is 0 Å². The van der Waals surface area contributed by atoms with Crippen molar-refractivity contribution in [3.05, 3.63) is 89.5 Å². The van der Waals surface area contributed by atoms with E-state index in [1.165, 1.54) is 0 Å². The maximum absolute atomic E-state index is 12.3. The van der Waals surface area contributed by atoms with Crippen LogP contribution in [-0.2, 0) is 6.42 Å². The van der Waals surface area contributed by atoms with Gasteiger partial charge in [0, 0.05) is 34.6 Å². The summed E-state index contributed by atoms with van der Waals surface area (Å²) in [5.74, 6) is 0.103. The number of hydrogen-bond acceptors (Lipinski definition) is 3. The van der Waals surface area contributed by atoms with Gasteiger partial charge in [-0.25, -0.2) is 0 Å². The number of rotatable bonds is 4. The Morgan fingerprint density at radius 3 is 2.36 bits per heavy atom. The zero-order chi connectivity index (χ0) is 19.3. The molecule has 1 aliphatic carbocycles. The van der Waals surface area contributed by atoms with Crippen molar-refractivity contribution in [2.75, 3.05) is 10.6 Å². The highest BCUT2D eigenvalue weighted by molar-refractivity contribution is 6.04. The molecule has 2 N–H and O–H groups in total. The molecule has 4 rings (SSSR count). The minimum absolute atomic E-state index is 0.138. The number of aryl methyl sites for hydroxylation is 1. The topological polar surface area (TPSA) is 58.2 Å². The van der Waals surface area contributed by atoms with Crippen LogP contribution in [0.15, 0.2) is 72.8 Å². The number of Topliss-reactive ketones (excluding diaryl/α,β-unsaturated/α-hetero) is 1. The van der Waals surface area contributed by atoms with Gasteiger partial charge in [0.15, 0.2) is 5.78 Å². The van der Waals surface area contributed by atoms with Gasteiger partial charge >= 0.3 is 0 Å². The largest absolute Gasteiger partial charge is 0.355 e. The minimum atomic E-state index is -0.138. The Hall–Kier alpha value is -3.40. The summed E-state index contributed by atoms with van der Waals surface area (Å²) in [6, 6.07) is 22.7. The van der Waals surface area contributed by atoms with Crippen molar-refractivity contribution in [2.45, 2.75) is 25.7 Å². The first-order valence-corrected chi connectivity index (χ1v) is 9.59. The van der Waals surface area contributed by atoms with Gasteiger partial charge in [0.05, 0.1) is 0 Å². The first-order chi connectivity index (χ1) is 13.7. The molecule has 0 aliphatic heterocycles. The van der Waals surface area contributed by atoms with E-state index in [0.717, 1.165) is 47.5 Å². The van der Waals surface area contributed by atoms with E-state index >= 15 is 0 Å². The average molecular weight is 370 g/mol. The SMILES string of the molecule is O=C(Nc1cccc(Nc2ccc3c(c2)CCCCC3=O)c1)c1ccccc1. The molecular weight excluding hydrogens is 348 g/mol. The molecule has 0 saturated heterocycles. The lowest BCUT2D eigenvalue weighted by Gasteiger charge is -2.12. The minimum Gasteiger partial charge on any atom is -0.355 e. The molecule has 0 heterocycles. The molecule has 0 atom stereocenters. The molecule has 0 bridgehead atoms. The van der Waals surface area contributed by atoms with Crippen LogP contribution < -0.4 is 10.6 Å². The van der Waals surface area contributed by atoms with Crippen LogP contribution in [0.2, 0.25) is 0 Å². The number of benzene rings is 3. The van der Waals surface area contributed by atoms with Crippen LogP contribution in [0.3, 0.4) is 0 Å². The normalized spacial score (nSPS) is 13.4. The van der Waals surface area contributed by atoms with Gasteiger partial charge in [-0.2, -0.15) is 0 Å². The molecule has 3 aromatic carbocycles. The molecule has 0 unspecified atom stereocenters. The lowest BCUT2D eigenvalue weighted by Crippen LogP contribution is -2.11. The summed E-state index contributed by atoms with van der Waals surface area (Å²) in [6.07, 6.45) is 3.58. The van der Waals surface area contributed by atoms with Crippen molar-refractivity contribution in [3.8, 4) is 0 Å². The van der Waals surface area contributed by atoms with Crippen molar-refractivity contribution >= 4 is 28.8 Å². The lowest BCUT2D eigenvalue weighted by atomic mass is 10.0. The Bertz CT molecular complexity index is 1010. The zero-order valence-electron chi connectivity index (χ0n) is 15.6. The van der Waals surface area contributed by atoms with Crippen LogP contribution in [0.5, 0.6) is 0 Å². The van der Waals surface area contributed by atoms with Gasteiger partial charge in [-0.15, -0.1) is 0 Å². The maximum Gasteiger partial charge on any atom is 0.255 e. The van der Waals surface area contributed by atoms with E-state index in [1.54, 1.807) is 12.1 Å². The average Bonchev–Trinajstić information content (AvgIpc) is 2.90. The van der Waals surface area contributed by atoms with Crippen LogP contribution in [0.25, 0.3) is 0 Å². The summed E-state index contributed by atoms with van der Waals surface area (Å²) in [5, 5.41) is 6.30. The van der Waals surface area contributed by atoms with Crippen molar-refractivity contribution in [3.63, 3.8) is 0 Å². The number of ketones is 1. The fraction of sp³-hybridized carbons (Fsp3) is 0.167. The molecule has 0 spiro atoms. The predicted octanol–water partition coefficient (Wildman–Crippen LogP) is 5.59. The molecule has 140 valence electrons. The number of amides is 1. The molecule has 0 fully saturated rings. The van der Waals surface area contributed by atoms with Gasteiger partial charge in [0.25, 0.3) is 5.91 Å². The summed E-state index contributed by atoms with van der Waals surface area (Å²) in [5.41, 5.74) is 5.14. The van der Waals surface area contributed by atoms with E-state index in [4.69, 9.17) is 0 Å². The maximum atomic E-state index is 12.3. The van der Waals surface area contributed by atoms with E-state index in [0.29, 0.717) is 12.0 Å². The van der Waals surface area contributed by atoms with Crippen molar-refractivity contribution in [1.82, 2.24) is 0 Å². The second kappa shape index (κ2) is 8.09. The fourth-order valence-electron chi connectivity index (χ4n) is 3.52. The highest BCUT2D eigenvalue weighted by atomic mass is 16.1. The standard InChI is InChI=1S/C24H22N2O2/c27-23-12-5-4-9-18-15-21(13-14-22(18)23)25-19-10-6-11-20(16-19)26-24(28)17-7-2-1-3-8-17/h1-3,6-8,10-11,13-16,25H,4-5,9,12H2,(H,26,28). The number of carbonyl (C=O) groups excluding carboxylic acids is 2. The van der Waals surface area contributed by atoms with Crippen LogP contribution in [-0.4, -0.2) is 11.7 Å². The Kier molecular flexibility index (Phi) is 5.20. The van der Waals surface area contributed by atoms with Crippen molar-refractivity contribution in [1.29, 1.82) is 0 Å². The zero-order valence-corrected chi connectivity index (χ0v) is 15.6. The Labute approximate surface area is 164 Å². The summed E-state index contributed by atoms with van der Waals surface area (Å²) in [7, 11) is 0. The molecule has 3 aromatic rings. The summed E-state index contributed by atoms with van der Waals surface area (Å²) in [6.45, 7) is 0. The Balaban J connectivity index is 1.50. The van der Waals surface area contributed by atoms with E-state index < -0.39 is 0 Å². The monoisotopic (exact) mass is 370 g/mol. The van der Waals surface area contributed by atoms with E-state index in [1.807, 2.05) is 54.6 Å². The molecule has 4 heteroatoms. The third-order valence-electron chi connectivity index (χ3n) is 4.95. The number of carbonyl (C=O) groups is 2. The van der Waals surface area contributed by atoms with Gasteiger partial charge < -0.3 is 10.6 Å². The second-order valence-electron chi connectivity index (χ2n) is 7.03. The van der Waals surface area contributed by atoms with Gasteiger partial charge in [-0.05, 0) is 73.4 Å². The van der Waals surface area contributed by atoms with E-state index in [-0.39, 0.29) is 11.7 Å². The molecule has 28 heavy (non-hydrogen) atoms. The predicted molar refractivity (Wildman–Crippen MR) is 112 cm³/mol. The highest BCUT2D eigenvalue weighted by Crippen LogP contribution is 2.26. The first kappa shape index (κ1) is 18.0.